The molecular formula is C17H18BrN5. The van der Waals surface area contributed by atoms with Gasteiger partial charge >= 0.3 is 0 Å². The van der Waals surface area contributed by atoms with Crippen LogP contribution in [0, 0.1) is 0 Å². The maximum Gasteiger partial charge on any atom is 0.180 e. The molecule has 0 unspecified atom stereocenters. The van der Waals surface area contributed by atoms with Crippen LogP contribution >= 0.6 is 15.9 Å². The quantitative estimate of drug-likeness (QED) is 0.709. The van der Waals surface area contributed by atoms with Gasteiger partial charge in [0.25, 0.3) is 0 Å². The predicted molar refractivity (Wildman–Crippen MR) is 94.6 cm³/mol. The number of hydrogen-bond donors (Lipinski definition) is 0. The second kappa shape index (κ2) is 6.29. The van der Waals surface area contributed by atoms with Crippen LogP contribution in [0.1, 0.15) is 5.56 Å². The molecule has 1 aliphatic rings. The molecule has 0 aliphatic carbocycles. The number of imidazole rings is 1. The van der Waals surface area contributed by atoms with Crippen LogP contribution in [0.4, 0.5) is 5.82 Å². The summed E-state index contributed by atoms with van der Waals surface area (Å²) in [6.45, 7) is 5.05. The normalized spacial score (nSPS) is 16.1. The molecule has 0 atom stereocenters. The summed E-state index contributed by atoms with van der Waals surface area (Å²) in [6.07, 6.45) is 7.57. The van der Waals surface area contributed by atoms with E-state index in [0.29, 0.717) is 0 Å². The fourth-order valence-electron chi connectivity index (χ4n) is 3.03. The van der Waals surface area contributed by atoms with E-state index >= 15 is 0 Å². The second-order valence-corrected chi connectivity index (χ2v) is 6.71. The zero-order valence-electron chi connectivity index (χ0n) is 12.8. The third-order valence-electron chi connectivity index (χ3n) is 4.28. The van der Waals surface area contributed by atoms with Gasteiger partial charge in [-0.25, -0.2) is 9.97 Å². The van der Waals surface area contributed by atoms with Gasteiger partial charge in [0.15, 0.2) is 11.5 Å². The zero-order valence-corrected chi connectivity index (χ0v) is 14.4. The van der Waals surface area contributed by atoms with Crippen LogP contribution in [0.3, 0.4) is 0 Å². The minimum atomic E-state index is 0.939. The Bertz CT molecular complexity index is 790. The van der Waals surface area contributed by atoms with E-state index in [4.69, 9.17) is 0 Å². The number of piperazine rings is 1. The molecule has 1 aromatic carbocycles. The molecule has 1 aliphatic heterocycles. The van der Waals surface area contributed by atoms with Gasteiger partial charge in [-0.2, -0.15) is 0 Å². The lowest BCUT2D eigenvalue weighted by atomic mass is 10.2. The highest BCUT2D eigenvalue weighted by atomic mass is 79.9. The van der Waals surface area contributed by atoms with Gasteiger partial charge in [0, 0.05) is 62.0 Å². The van der Waals surface area contributed by atoms with Crippen molar-refractivity contribution >= 4 is 27.4 Å². The SMILES string of the molecule is Brc1ccc(CN2CCN(c3nccn4ccnc34)CC2)cc1. The Labute approximate surface area is 143 Å². The van der Waals surface area contributed by atoms with Gasteiger partial charge in [-0.15, -0.1) is 0 Å². The summed E-state index contributed by atoms with van der Waals surface area (Å²) in [7, 11) is 0. The molecule has 0 saturated carbocycles. The number of aromatic nitrogens is 3. The minimum absolute atomic E-state index is 0.939. The third kappa shape index (κ3) is 3.09. The number of rotatable bonds is 3. The van der Waals surface area contributed by atoms with E-state index in [-0.39, 0.29) is 0 Å². The maximum atomic E-state index is 4.54. The molecule has 1 fully saturated rings. The number of fused-ring (bicyclic) bond motifs is 1. The molecular weight excluding hydrogens is 354 g/mol. The first-order chi connectivity index (χ1) is 11.3. The first kappa shape index (κ1) is 14.7. The summed E-state index contributed by atoms with van der Waals surface area (Å²) in [5.41, 5.74) is 2.30. The molecule has 0 bridgehead atoms. The van der Waals surface area contributed by atoms with Crippen molar-refractivity contribution in [2.75, 3.05) is 31.1 Å². The highest BCUT2D eigenvalue weighted by Crippen LogP contribution is 2.19. The molecule has 5 nitrogen and oxygen atoms in total. The summed E-state index contributed by atoms with van der Waals surface area (Å²) in [5, 5.41) is 0. The zero-order chi connectivity index (χ0) is 15.6. The Morgan fingerprint density at radius 1 is 0.913 bits per heavy atom. The highest BCUT2D eigenvalue weighted by molar-refractivity contribution is 9.10. The maximum absolute atomic E-state index is 4.54. The number of benzene rings is 1. The Balaban J connectivity index is 1.43. The Kier molecular flexibility index (Phi) is 4.01. The summed E-state index contributed by atoms with van der Waals surface area (Å²) in [5.74, 6) is 0.987. The molecule has 23 heavy (non-hydrogen) atoms. The van der Waals surface area contributed by atoms with Crippen molar-refractivity contribution in [3.63, 3.8) is 0 Å². The molecule has 6 heteroatoms. The van der Waals surface area contributed by atoms with Gasteiger partial charge < -0.3 is 9.30 Å². The molecule has 0 amide bonds. The van der Waals surface area contributed by atoms with Crippen LogP contribution in [-0.2, 0) is 6.54 Å². The number of nitrogens with zero attached hydrogens (tertiary/aromatic N) is 5. The lowest BCUT2D eigenvalue weighted by Gasteiger charge is -2.35. The lowest BCUT2D eigenvalue weighted by molar-refractivity contribution is 0.249. The van der Waals surface area contributed by atoms with Crippen LogP contribution in [0.15, 0.2) is 53.5 Å². The van der Waals surface area contributed by atoms with Gasteiger partial charge in [0.1, 0.15) is 0 Å². The summed E-state index contributed by atoms with van der Waals surface area (Å²) in [4.78, 5) is 13.8. The Hall–Kier alpha value is -1.92. The van der Waals surface area contributed by atoms with Crippen molar-refractivity contribution in [1.29, 1.82) is 0 Å². The van der Waals surface area contributed by atoms with Gasteiger partial charge in [-0.1, -0.05) is 28.1 Å². The largest absolute Gasteiger partial charge is 0.351 e. The first-order valence-electron chi connectivity index (χ1n) is 7.79. The topological polar surface area (TPSA) is 36.7 Å². The van der Waals surface area contributed by atoms with E-state index in [2.05, 4.69) is 60.0 Å². The van der Waals surface area contributed by atoms with Crippen molar-refractivity contribution in [3.05, 3.63) is 59.1 Å². The predicted octanol–water partition coefficient (Wildman–Crippen LogP) is 2.81. The average Bonchev–Trinajstić information content (AvgIpc) is 3.06. The standard InChI is InChI=1S/C17H18BrN5/c18-15-3-1-14(2-4-15)13-21-9-11-23(12-10-21)17-16-19-5-7-22(16)8-6-20-17/h1-8H,9-13H2. The molecule has 3 aromatic rings. The molecule has 3 heterocycles. The molecule has 4 rings (SSSR count). The van der Waals surface area contributed by atoms with Gasteiger partial charge in [-0.3, -0.25) is 4.90 Å². The summed E-state index contributed by atoms with van der Waals surface area (Å²) >= 11 is 3.49. The van der Waals surface area contributed by atoms with Crippen molar-refractivity contribution in [2.24, 2.45) is 0 Å². The van der Waals surface area contributed by atoms with E-state index < -0.39 is 0 Å². The summed E-state index contributed by atoms with van der Waals surface area (Å²) in [6, 6.07) is 8.58. The smallest absolute Gasteiger partial charge is 0.180 e. The van der Waals surface area contributed by atoms with Gasteiger partial charge in [-0.05, 0) is 17.7 Å². The van der Waals surface area contributed by atoms with Crippen LogP contribution < -0.4 is 4.90 Å². The fraction of sp³-hybridized carbons (Fsp3) is 0.294. The molecule has 118 valence electrons. The van der Waals surface area contributed by atoms with E-state index in [1.807, 2.05) is 29.2 Å². The van der Waals surface area contributed by atoms with Gasteiger partial charge in [0.05, 0.1) is 0 Å². The van der Waals surface area contributed by atoms with Crippen LogP contribution in [0.5, 0.6) is 0 Å². The molecule has 0 radical (unpaired) electrons. The van der Waals surface area contributed by atoms with Crippen molar-refractivity contribution in [2.45, 2.75) is 6.54 Å². The lowest BCUT2D eigenvalue weighted by Crippen LogP contribution is -2.46. The van der Waals surface area contributed by atoms with E-state index in [1.54, 1.807) is 0 Å². The van der Waals surface area contributed by atoms with E-state index in [1.165, 1.54) is 5.56 Å². The number of halogens is 1. The number of anilines is 1. The Morgan fingerprint density at radius 2 is 1.61 bits per heavy atom. The fourth-order valence-corrected chi connectivity index (χ4v) is 3.29. The molecule has 0 N–H and O–H groups in total. The Morgan fingerprint density at radius 3 is 2.35 bits per heavy atom. The van der Waals surface area contributed by atoms with Crippen LogP contribution in [-0.4, -0.2) is 45.4 Å². The first-order valence-corrected chi connectivity index (χ1v) is 8.58. The van der Waals surface area contributed by atoms with Gasteiger partial charge in [0.2, 0.25) is 0 Å². The third-order valence-corrected chi connectivity index (χ3v) is 4.81. The minimum Gasteiger partial charge on any atom is -0.351 e. The molecule has 2 aromatic heterocycles. The van der Waals surface area contributed by atoms with Crippen LogP contribution in [0.2, 0.25) is 0 Å². The van der Waals surface area contributed by atoms with Crippen molar-refractivity contribution < 1.29 is 0 Å². The van der Waals surface area contributed by atoms with E-state index in [0.717, 1.165) is 48.7 Å². The van der Waals surface area contributed by atoms with Crippen LogP contribution in [0.25, 0.3) is 5.65 Å². The second-order valence-electron chi connectivity index (χ2n) is 5.80. The number of hydrogen-bond acceptors (Lipinski definition) is 4. The van der Waals surface area contributed by atoms with E-state index in [9.17, 15) is 0 Å². The summed E-state index contributed by atoms with van der Waals surface area (Å²) < 4.78 is 3.15. The molecule has 0 spiro atoms. The van der Waals surface area contributed by atoms with Crippen molar-refractivity contribution in [1.82, 2.24) is 19.3 Å². The monoisotopic (exact) mass is 371 g/mol. The highest BCUT2D eigenvalue weighted by Gasteiger charge is 2.20. The molecule has 1 saturated heterocycles. The van der Waals surface area contributed by atoms with Crippen molar-refractivity contribution in [3.8, 4) is 0 Å². The average molecular weight is 372 g/mol.